The van der Waals surface area contributed by atoms with E-state index in [4.69, 9.17) is 0 Å². The Balaban J connectivity index is 2.33. The maximum absolute atomic E-state index is 13.6. The predicted molar refractivity (Wildman–Crippen MR) is 74.4 cm³/mol. The van der Waals surface area contributed by atoms with Gasteiger partial charge in [0.05, 0.1) is 11.6 Å². The number of hydrogen-bond acceptors (Lipinski definition) is 3. The zero-order valence-corrected chi connectivity index (χ0v) is 11.4. The van der Waals surface area contributed by atoms with Crippen LogP contribution in [0.25, 0.3) is 10.9 Å². The molecular weight excluding hydrogens is 243 g/mol. The van der Waals surface area contributed by atoms with Crippen molar-refractivity contribution in [1.29, 1.82) is 0 Å². The molecule has 0 saturated carbocycles. The van der Waals surface area contributed by atoms with Crippen molar-refractivity contribution in [1.82, 2.24) is 10.3 Å². The average molecular weight is 262 g/mol. The first-order valence-electron chi connectivity index (χ1n) is 6.34. The van der Waals surface area contributed by atoms with Gasteiger partial charge in [0.2, 0.25) is 0 Å². The normalized spacial score (nSPS) is 13.7. The minimum atomic E-state index is -0.785. The van der Waals surface area contributed by atoms with E-state index in [0.29, 0.717) is 23.0 Å². The highest BCUT2D eigenvalue weighted by Crippen LogP contribution is 2.24. The molecule has 4 heteroatoms. The molecule has 1 atom stereocenters. The average Bonchev–Trinajstić information content (AvgIpc) is 2.34. The Morgan fingerprint density at radius 1 is 1.37 bits per heavy atom. The Labute approximate surface area is 112 Å². The van der Waals surface area contributed by atoms with Crippen LogP contribution in [-0.2, 0) is 0 Å². The number of nitrogens with zero attached hydrogens (tertiary/aromatic N) is 1. The highest BCUT2D eigenvalue weighted by Gasteiger charge is 2.17. The fourth-order valence-corrected chi connectivity index (χ4v) is 1.95. The van der Waals surface area contributed by atoms with Crippen molar-refractivity contribution in [3.8, 4) is 0 Å². The van der Waals surface area contributed by atoms with E-state index >= 15 is 0 Å². The van der Waals surface area contributed by atoms with Gasteiger partial charge in [-0.25, -0.2) is 4.39 Å². The first-order chi connectivity index (χ1) is 8.87. The van der Waals surface area contributed by atoms with Gasteiger partial charge < -0.3 is 10.4 Å². The smallest absolute Gasteiger partial charge is 0.124 e. The van der Waals surface area contributed by atoms with Crippen LogP contribution in [-0.4, -0.2) is 22.2 Å². The number of aliphatic hydroxyl groups excluding tert-OH is 1. The van der Waals surface area contributed by atoms with Crippen LogP contribution in [0, 0.1) is 5.82 Å². The van der Waals surface area contributed by atoms with Crippen molar-refractivity contribution in [3.63, 3.8) is 0 Å². The Kier molecular flexibility index (Phi) is 3.83. The van der Waals surface area contributed by atoms with Crippen LogP contribution in [0.4, 0.5) is 4.39 Å². The van der Waals surface area contributed by atoms with Gasteiger partial charge in [-0.05, 0) is 39.0 Å². The highest BCUT2D eigenvalue weighted by atomic mass is 19.1. The molecule has 2 aromatic rings. The molecule has 0 amide bonds. The maximum Gasteiger partial charge on any atom is 0.124 e. The number of β-amino-alcohol motifs (C(OH)–C–C–N with tert-alkyl or cyclic N) is 1. The Morgan fingerprint density at radius 2 is 2.11 bits per heavy atom. The Bertz CT molecular complexity index is 578. The Hall–Kier alpha value is -1.52. The molecule has 2 N–H and O–H groups in total. The van der Waals surface area contributed by atoms with E-state index in [1.807, 2.05) is 20.8 Å². The number of benzene rings is 1. The van der Waals surface area contributed by atoms with Gasteiger partial charge in [0.25, 0.3) is 0 Å². The van der Waals surface area contributed by atoms with Gasteiger partial charge >= 0.3 is 0 Å². The lowest BCUT2D eigenvalue weighted by Gasteiger charge is -2.23. The second-order valence-electron chi connectivity index (χ2n) is 5.72. The van der Waals surface area contributed by atoms with Crippen LogP contribution in [0.5, 0.6) is 0 Å². The largest absolute Gasteiger partial charge is 0.387 e. The molecule has 0 spiro atoms. The summed E-state index contributed by atoms with van der Waals surface area (Å²) in [7, 11) is 0. The summed E-state index contributed by atoms with van der Waals surface area (Å²) in [4.78, 5) is 4.23. The van der Waals surface area contributed by atoms with Crippen molar-refractivity contribution in [2.45, 2.75) is 32.4 Å². The summed E-state index contributed by atoms with van der Waals surface area (Å²) in [6.07, 6.45) is 0.862. The third kappa shape index (κ3) is 3.49. The lowest BCUT2D eigenvalue weighted by Crippen LogP contribution is -2.38. The molecule has 0 fully saturated rings. The third-order valence-electron chi connectivity index (χ3n) is 2.88. The summed E-state index contributed by atoms with van der Waals surface area (Å²) < 4.78 is 13.6. The molecule has 0 aliphatic carbocycles. The fourth-order valence-electron chi connectivity index (χ4n) is 1.95. The monoisotopic (exact) mass is 262 g/mol. The van der Waals surface area contributed by atoms with Crippen LogP contribution in [0.3, 0.4) is 0 Å². The van der Waals surface area contributed by atoms with Gasteiger partial charge in [0, 0.05) is 29.2 Å². The number of fused-ring (bicyclic) bond motifs is 1. The van der Waals surface area contributed by atoms with Crippen LogP contribution in [0.2, 0.25) is 0 Å². The molecular formula is C15H19FN2O. The molecule has 0 aliphatic rings. The summed E-state index contributed by atoms with van der Waals surface area (Å²) in [6, 6.07) is 6.32. The molecule has 1 heterocycles. The number of aliphatic hydroxyl groups is 1. The van der Waals surface area contributed by atoms with E-state index in [-0.39, 0.29) is 11.4 Å². The van der Waals surface area contributed by atoms with E-state index in [2.05, 4.69) is 10.3 Å². The number of halogens is 1. The van der Waals surface area contributed by atoms with Gasteiger partial charge in [0.1, 0.15) is 5.82 Å². The van der Waals surface area contributed by atoms with Crippen LogP contribution in [0.1, 0.15) is 32.4 Å². The lowest BCUT2D eigenvalue weighted by atomic mass is 10.0. The third-order valence-corrected chi connectivity index (χ3v) is 2.88. The number of rotatable bonds is 3. The summed E-state index contributed by atoms with van der Waals surface area (Å²) >= 11 is 0. The second kappa shape index (κ2) is 5.23. The SMILES string of the molecule is CC(C)(C)NC[C@H](O)c1cc(F)cc2cccnc12. The van der Waals surface area contributed by atoms with Crippen LogP contribution in [0.15, 0.2) is 30.5 Å². The standard InChI is InChI=1S/C15H19FN2O/c1-15(2,3)18-9-13(19)12-8-11(16)7-10-5-4-6-17-14(10)12/h4-8,13,18-19H,9H2,1-3H3/t13-/m0/s1. The zero-order chi connectivity index (χ0) is 14.0. The fraction of sp³-hybridized carbons (Fsp3) is 0.400. The van der Waals surface area contributed by atoms with Crippen molar-refractivity contribution in [2.24, 2.45) is 0 Å². The van der Waals surface area contributed by atoms with Crippen molar-refractivity contribution in [3.05, 3.63) is 41.8 Å². The number of pyridine rings is 1. The van der Waals surface area contributed by atoms with Crippen molar-refractivity contribution in [2.75, 3.05) is 6.54 Å². The van der Waals surface area contributed by atoms with Crippen molar-refractivity contribution < 1.29 is 9.50 Å². The molecule has 0 unspecified atom stereocenters. The van der Waals surface area contributed by atoms with E-state index in [9.17, 15) is 9.50 Å². The molecule has 1 aromatic carbocycles. The van der Waals surface area contributed by atoms with Crippen LogP contribution < -0.4 is 5.32 Å². The first-order valence-corrected chi connectivity index (χ1v) is 6.34. The van der Waals surface area contributed by atoms with E-state index < -0.39 is 6.10 Å². The number of aromatic nitrogens is 1. The molecule has 0 saturated heterocycles. The maximum atomic E-state index is 13.6. The van der Waals surface area contributed by atoms with Crippen molar-refractivity contribution >= 4 is 10.9 Å². The summed E-state index contributed by atoms with van der Waals surface area (Å²) in [6.45, 7) is 6.41. The molecule has 1 aromatic heterocycles. The Morgan fingerprint density at radius 3 is 2.79 bits per heavy atom. The van der Waals surface area contributed by atoms with E-state index in [0.717, 1.165) is 0 Å². The topological polar surface area (TPSA) is 45.1 Å². The first kappa shape index (κ1) is 13.9. The molecule has 3 nitrogen and oxygen atoms in total. The minimum absolute atomic E-state index is 0.0997. The van der Waals surface area contributed by atoms with E-state index in [1.54, 1.807) is 18.3 Å². The summed E-state index contributed by atoms with van der Waals surface area (Å²) in [5, 5.41) is 14.1. The van der Waals surface area contributed by atoms with E-state index in [1.165, 1.54) is 12.1 Å². The van der Waals surface area contributed by atoms with Crippen LogP contribution >= 0.6 is 0 Å². The molecule has 0 bridgehead atoms. The molecule has 0 radical (unpaired) electrons. The highest BCUT2D eigenvalue weighted by molar-refractivity contribution is 5.82. The van der Waals surface area contributed by atoms with Gasteiger partial charge in [-0.15, -0.1) is 0 Å². The predicted octanol–water partition coefficient (Wildman–Crippen LogP) is 2.80. The summed E-state index contributed by atoms with van der Waals surface area (Å²) in [5.41, 5.74) is 1.07. The lowest BCUT2D eigenvalue weighted by molar-refractivity contribution is 0.164. The number of hydrogen-bond donors (Lipinski definition) is 2. The summed E-state index contributed by atoms with van der Waals surface area (Å²) in [5.74, 6) is -0.356. The second-order valence-corrected chi connectivity index (χ2v) is 5.72. The molecule has 0 aliphatic heterocycles. The molecule has 102 valence electrons. The minimum Gasteiger partial charge on any atom is -0.387 e. The van der Waals surface area contributed by atoms with Gasteiger partial charge in [0.15, 0.2) is 0 Å². The van der Waals surface area contributed by atoms with Gasteiger partial charge in [-0.2, -0.15) is 0 Å². The number of nitrogens with one attached hydrogen (secondary N) is 1. The van der Waals surface area contributed by atoms with Gasteiger partial charge in [-0.1, -0.05) is 6.07 Å². The molecule has 2 rings (SSSR count). The molecule has 19 heavy (non-hydrogen) atoms. The zero-order valence-electron chi connectivity index (χ0n) is 11.4. The van der Waals surface area contributed by atoms with Gasteiger partial charge in [-0.3, -0.25) is 4.98 Å². The quantitative estimate of drug-likeness (QED) is 0.894.